The molecular formula is C25H25N3. The minimum atomic E-state index is 0.772. The van der Waals surface area contributed by atoms with Crippen molar-refractivity contribution in [1.82, 2.24) is 14.8 Å². The molecule has 1 heterocycles. The first-order valence-corrected chi connectivity index (χ1v) is 9.93. The van der Waals surface area contributed by atoms with Crippen molar-refractivity contribution in [3.63, 3.8) is 0 Å². The predicted octanol–water partition coefficient (Wildman–Crippen LogP) is 5.54. The molecule has 0 aliphatic carbocycles. The molecular weight excluding hydrogens is 342 g/mol. The fourth-order valence-corrected chi connectivity index (χ4v) is 3.60. The fraction of sp³-hybridized carbons (Fsp3) is 0.200. The van der Waals surface area contributed by atoms with Gasteiger partial charge in [0.1, 0.15) is 11.6 Å². The molecule has 0 radical (unpaired) electrons. The molecule has 0 fully saturated rings. The summed E-state index contributed by atoms with van der Waals surface area (Å²) in [6.07, 6.45) is 2.78. The third kappa shape index (κ3) is 4.04. The van der Waals surface area contributed by atoms with Crippen molar-refractivity contribution in [2.24, 2.45) is 0 Å². The van der Waals surface area contributed by atoms with Crippen LogP contribution >= 0.6 is 0 Å². The van der Waals surface area contributed by atoms with E-state index in [2.05, 4.69) is 107 Å². The van der Waals surface area contributed by atoms with Gasteiger partial charge in [-0.2, -0.15) is 0 Å². The van der Waals surface area contributed by atoms with Gasteiger partial charge in [-0.05, 0) is 28.7 Å². The van der Waals surface area contributed by atoms with Crippen LogP contribution < -0.4 is 0 Å². The molecule has 3 nitrogen and oxygen atoms in total. The predicted molar refractivity (Wildman–Crippen MR) is 114 cm³/mol. The summed E-state index contributed by atoms with van der Waals surface area (Å²) in [5.41, 5.74) is 5.05. The molecule has 4 aromatic rings. The topological polar surface area (TPSA) is 30.7 Å². The van der Waals surface area contributed by atoms with Gasteiger partial charge in [-0.15, -0.1) is 10.2 Å². The fourth-order valence-electron chi connectivity index (χ4n) is 3.60. The molecule has 3 heteroatoms. The number of hydrogen-bond acceptors (Lipinski definition) is 2. The van der Waals surface area contributed by atoms with Crippen molar-refractivity contribution in [2.45, 2.75) is 32.7 Å². The summed E-state index contributed by atoms with van der Waals surface area (Å²) in [4.78, 5) is 0. The minimum absolute atomic E-state index is 0.772. The maximum atomic E-state index is 4.57. The maximum absolute atomic E-state index is 4.57. The molecule has 0 aliphatic heterocycles. The van der Waals surface area contributed by atoms with Crippen molar-refractivity contribution in [3.8, 4) is 11.1 Å². The molecule has 0 N–H and O–H groups in total. The highest BCUT2D eigenvalue weighted by molar-refractivity contribution is 5.67. The lowest BCUT2D eigenvalue weighted by molar-refractivity contribution is 0.679. The number of aryl methyl sites for hydroxylation is 1. The van der Waals surface area contributed by atoms with E-state index in [1.165, 1.54) is 22.3 Å². The maximum Gasteiger partial charge on any atom is 0.137 e. The third-order valence-corrected chi connectivity index (χ3v) is 5.01. The Hall–Kier alpha value is -3.20. The molecule has 0 aliphatic rings. The molecule has 0 saturated carbocycles. The molecule has 0 amide bonds. The second kappa shape index (κ2) is 8.66. The quantitative estimate of drug-likeness (QED) is 0.429. The van der Waals surface area contributed by atoms with Crippen molar-refractivity contribution in [2.75, 3.05) is 0 Å². The average Bonchev–Trinajstić information content (AvgIpc) is 3.11. The zero-order chi connectivity index (χ0) is 19.2. The van der Waals surface area contributed by atoms with Crippen LogP contribution in [0.25, 0.3) is 11.1 Å². The standard InChI is InChI=1S/C25H25N3/c1-2-11-24-26-27-25(28(24)19-20-12-5-3-6-13-20)18-22-16-9-10-17-23(22)21-14-7-4-8-15-21/h3-10,12-17H,2,11,18-19H2,1H3. The van der Waals surface area contributed by atoms with Crippen molar-refractivity contribution in [3.05, 3.63) is 108 Å². The van der Waals surface area contributed by atoms with E-state index in [1.807, 2.05) is 0 Å². The van der Waals surface area contributed by atoms with Gasteiger partial charge in [0.2, 0.25) is 0 Å². The van der Waals surface area contributed by atoms with Crippen LogP contribution in [0.2, 0.25) is 0 Å². The zero-order valence-corrected chi connectivity index (χ0v) is 16.3. The summed E-state index contributed by atoms with van der Waals surface area (Å²) in [5, 5.41) is 9.09. The van der Waals surface area contributed by atoms with Crippen molar-refractivity contribution in [1.29, 1.82) is 0 Å². The van der Waals surface area contributed by atoms with E-state index >= 15 is 0 Å². The van der Waals surface area contributed by atoms with E-state index in [0.717, 1.165) is 37.5 Å². The molecule has 3 aromatic carbocycles. The van der Waals surface area contributed by atoms with Gasteiger partial charge in [0.05, 0.1) is 6.54 Å². The molecule has 0 unspecified atom stereocenters. The number of aromatic nitrogens is 3. The van der Waals surface area contributed by atoms with Crippen LogP contribution in [0.5, 0.6) is 0 Å². The minimum Gasteiger partial charge on any atom is -0.310 e. The summed E-state index contributed by atoms with van der Waals surface area (Å²) in [6.45, 7) is 3.00. The third-order valence-electron chi connectivity index (χ3n) is 5.01. The molecule has 0 bridgehead atoms. The van der Waals surface area contributed by atoms with Gasteiger partial charge in [0.15, 0.2) is 0 Å². The Bertz CT molecular complexity index is 1020. The summed E-state index contributed by atoms with van der Waals surface area (Å²) < 4.78 is 2.29. The second-order valence-electron chi connectivity index (χ2n) is 7.05. The van der Waals surface area contributed by atoms with E-state index in [1.54, 1.807) is 0 Å². The number of nitrogens with zero attached hydrogens (tertiary/aromatic N) is 3. The van der Waals surface area contributed by atoms with Crippen LogP contribution in [0.15, 0.2) is 84.9 Å². The van der Waals surface area contributed by atoms with Crippen LogP contribution in [-0.4, -0.2) is 14.8 Å². The summed E-state index contributed by atoms with van der Waals surface area (Å²) in [6, 6.07) is 29.7. The smallest absolute Gasteiger partial charge is 0.137 e. The van der Waals surface area contributed by atoms with Crippen molar-refractivity contribution >= 4 is 0 Å². The molecule has 0 spiro atoms. The largest absolute Gasteiger partial charge is 0.310 e. The van der Waals surface area contributed by atoms with Gasteiger partial charge >= 0.3 is 0 Å². The SMILES string of the molecule is CCCc1nnc(Cc2ccccc2-c2ccccc2)n1Cc1ccccc1. The van der Waals surface area contributed by atoms with Gasteiger partial charge in [-0.1, -0.05) is 91.9 Å². The Morgan fingerprint density at radius 2 is 1.36 bits per heavy atom. The first-order chi connectivity index (χ1) is 13.8. The average molecular weight is 367 g/mol. The Labute approximate surface area is 166 Å². The Kier molecular flexibility index (Phi) is 5.62. The second-order valence-corrected chi connectivity index (χ2v) is 7.05. The molecule has 1 aromatic heterocycles. The monoisotopic (exact) mass is 367 g/mol. The first-order valence-electron chi connectivity index (χ1n) is 9.93. The highest BCUT2D eigenvalue weighted by Gasteiger charge is 2.14. The number of rotatable bonds is 7. The van der Waals surface area contributed by atoms with Gasteiger partial charge in [0, 0.05) is 12.8 Å². The van der Waals surface area contributed by atoms with E-state index in [0.29, 0.717) is 0 Å². The summed E-state index contributed by atoms with van der Waals surface area (Å²) in [5.74, 6) is 2.09. The number of benzene rings is 3. The van der Waals surface area contributed by atoms with Gasteiger partial charge < -0.3 is 4.57 Å². The Morgan fingerprint density at radius 1 is 0.714 bits per heavy atom. The normalized spacial score (nSPS) is 10.9. The lowest BCUT2D eigenvalue weighted by Crippen LogP contribution is -2.10. The van der Waals surface area contributed by atoms with E-state index in [-0.39, 0.29) is 0 Å². The van der Waals surface area contributed by atoms with Crippen molar-refractivity contribution < 1.29 is 0 Å². The summed E-state index contributed by atoms with van der Waals surface area (Å²) >= 11 is 0. The first kappa shape index (κ1) is 18.2. The van der Waals surface area contributed by atoms with E-state index in [4.69, 9.17) is 0 Å². The molecule has 4 rings (SSSR count). The molecule has 0 atom stereocenters. The lowest BCUT2D eigenvalue weighted by atomic mass is 9.97. The van der Waals surface area contributed by atoms with Crippen LogP contribution in [-0.2, 0) is 19.4 Å². The van der Waals surface area contributed by atoms with Gasteiger partial charge in [0.25, 0.3) is 0 Å². The van der Waals surface area contributed by atoms with Crippen LogP contribution in [0.1, 0.15) is 36.1 Å². The lowest BCUT2D eigenvalue weighted by Gasteiger charge is -2.13. The van der Waals surface area contributed by atoms with Gasteiger partial charge in [-0.3, -0.25) is 0 Å². The van der Waals surface area contributed by atoms with Gasteiger partial charge in [-0.25, -0.2) is 0 Å². The number of hydrogen-bond donors (Lipinski definition) is 0. The highest BCUT2D eigenvalue weighted by Crippen LogP contribution is 2.25. The molecule has 0 saturated heterocycles. The van der Waals surface area contributed by atoms with Crippen LogP contribution in [0, 0.1) is 0 Å². The molecule has 28 heavy (non-hydrogen) atoms. The van der Waals surface area contributed by atoms with Crippen LogP contribution in [0.4, 0.5) is 0 Å². The van der Waals surface area contributed by atoms with E-state index < -0.39 is 0 Å². The Balaban J connectivity index is 1.69. The highest BCUT2D eigenvalue weighted by atomic mass is 15.3. The zero-order valence-electron chi connectivity index (χ0n) is 16.3. The summed E-state index contributed by atoms with van der Waals surface area (Å²) in [7, 11) is 0. The molecule has 140 valence electrons. The van der Waals surface area contributed by atoms with Crippen LogP contribution in [0.3, 0.4) is 0 Å². The van der Waals surface area contributed by atoms with E-state index in [9.17, 15) is 0 Å². The Morgan fingerprint density at radius 3 is 2.11 bits per heavy atom.